The van der Waals surface area contributed by atoms with Gasteiger partial charge in [0.2, 0.25) is 0 Å². The molecule has 0 bridgehead atoms. The Labute approximate surface area is 132 Å². The molecule has 1 unspecified atom stereocenters. The van der Waals surface area contributed by atoms with Crippen LogP contribution in [-0.4, -0.2) is 13.6 Å². The maximum absolute atomic E-state index is 13.8. The molecule has 2 rings (SSSR count). The fraction of sp³-hybridized carbons (Fsp3) is 0.294. The van der Waals surface area contributed by atoms with E-state index < -0.39 is 0 Å². The van der Waals surface area contributed by atoms with E-state index in [-0.39, 0.29) is 17.6 Å². The smallest absolute Gasteiger partial charge is 0.126 e. The van der Waals surface area contributed by atoms with Gasteiger partial charge in [-0.25, -0.2) is 8.78 Å². The zero-order valence-electron chi connectivity index (χ0n) is 11.9. The van der Waals surface area contributed by atoms with Crippen molar-refractivity contribution in [2.45, 2.75) is 12.8 Å². The Morgan fingerprint density at radius 1 is 1.10 bits per heavy atom. The van der Waals surface area contributed by atoms with Crippen molar-refractivity contribution < 1.29 is 8.78 Å². The van der Waals surface area contributed by atoms with E-state index in [9.17, 15) is 8.78 Å². The molecule has 0 amide bonds. The lowest BCUT2D eigenvalue weighted by molar-refractivity contribution is 0.478. The predicted molar refractivity (Wildman–Crippen MR) is 85.3 cm³/mol. The van der Waals surface area contributed by atoms with Gasteiger partial charge in [0.1, 0.15) is 11.6 Å². The Kier molecular flexibility index (Phi) is 5.88. The lowest BCUT2D eigenvalue weighted by Crippen LogP contribution is -2.23. The Morgan fingerprint density at radius 3 is 2.52 bits per heavy atom. The van der Waals surface area contributed by atoms with E-state index in [1.54, 1.807) is 12.1 Å². The van der Waals surface area contributed by atoms with Crippen molar-refractivity contribution in [3.63, 3.8) is 0 Å². The summed E-state index contributed by atoms with van der Waals surface area (Å²) < 4.78 is 27.9. The highest BCUT2D eigenvalue weighted by molar-refractivity contribution is 9.10. The van der Waals surface area contributed by atoms with Crippen molar-refractivity contribution in [1.82, 2.24) is 5.32 Å². The van der Waals surface area contributed by atoms with Crippen molar-refractivity contribution >= 4 is 15.9 Å². The quantitative estimate of drug-likeness (QED) is 0.813. The first-order chi connectivity index (χ1) is 10.1. The highest BCUT2D eigenvalue weighted by Gasteiger charge is 2.13. The van der Waals surface area contributed by atoms with Crippen molar-refractivity contribution in [2.24, 2.45) is 5.92 Å². The van der Waals surface area contributed by atoms with Crippen LogP contribution in [0.3, 0.4) is 0 Å². The third kappa shape index (κ3) is 4.90. The van der Waals surface area contributed by atoms with Crippen LogP contribution in [0.2, 0.25) is 0 Å². The molecule has 0 heterocycles. The Hall–Kier alpha value is -1.26. The molecule has 1 nitrogen and oxygen atoms in total. The van der Waals surface area contributed by atoms with Gasteiger partial charge >= 0.3 is 0 Å². The van der Waals surface area contributed by atoms with Gasteiger partial charge in [0, 0.05) is 4.47 Å². The van der Waals surface area contributed by atoms with E-state index in [0.29, 0.717) is 18.4 Å². The fourth-order valence-electron chi connectivity index (χ4n) is 2.54. The van der Waals surface area contributed by atoms with Crippen LogP contribution in [0.25, 0.3) is 0 Å². The molecule has 1 N–H and O–H groups in total. The zero-order chi connectivity index (χ0) is 15.2. The van der Waals surface area contributed by atoms with Gasteiger partial charge in [0.05, 0.1) is 0 Å². The van der Waals surface area contributed by atoms with Gasteiger partial charge in [-0.2, -0.15) is 0 Å². The minimum atomic E-state index is -0.256. The summed E-state index contributed by atoms with van der Waals surface area (Å²) in [7, 11) is 1.87. The molecule has 0 spiro atoms. The van der Waals surface area contributed by atoms with Crippen LogP contribution in [0.4, 0.5) is 8.78 Å². The Bertz CT molecular complexity index is 581. The van der Waals surface area contributed by atoms with Crippen molar-refractivity contribution in [2.75, 3.05) is 13.6 Å². The molecule has 0 radical (unpaired) electrons. The van der Waals surface area contributed by atoms with Crippen LogP contribution in [0.1, 0.15) is 11.1 Å². The Morgan fingerprint density at radius 2 is 1.86 bits per heavy atom. The van der Waals surface area contributed by atoms with Crippen LogP contribution in [0.5, 0.6) is 0 Å². The van der Waals surface area contributed by atoms with Gasteiger partial charge in [-0.1, -0.05) is 34.1 Å². The number of hydrogen-bond donors (Lipinski definition) is 1. The summed E-state index contributed by atoms with van der Waals surface area (Å²) in [5.74, 6) is -0.229. The Balaban J connectivity index is 2.13. The van der Waals surface area contributed by atoms with Crippen molar-refractivity contribution in [1.29, 1.82) is 0 Å². The highest BCUT2D eigenvalue weighted by Crippen LogP contribution is 2.20. The molecule has 2 aromatic rings. The minimum absolute atomic E-state index is 0.181. The largest absolute Gasteiger partial charge is 0.319 e. The molecule has 1 atom stereocenters. The third-order valence-corrected chi connectivity index (χ3v) is 3.86. The molecule has 0 aliphatic carbocycles. The van der Waals surface area contributed by atoms with Crippen LogP contribution in [0.15, 0.2) is 46.9 Å². The van der Waals surface area contributed by atoms with E-state index in [0.717, 1.165) is 16.6 Å². The molecule has 112 valence electrons. The molecule has 2 aromatic carbocycles. The molecule has 0 aliphatic rings. The van der Waals surface area contributed by atoms with Crippen LogP contribution in [-0.2, 0) is 12.8 Å². The maximum atomic E-state index is 13.8. The predicted octanol–water partition coefficient (Wildman–Crippen LogP) is 4.35. The standard InChI is InChI=1S/C17H18BrF2N/c1-21-11-13(7-14-4-2-3-5-17(14)20)6-12-8-15(18)10-16(19)9-12/h2-5,8-10,13,21H,6-7,11H2,1H3. The number of nitrogens with one attached hydrogen (secondary N) is 1. The molecule has 0 fully saturated rings. The van der Waals surface area contributed by atoms with Gasteiger partial charge in [-0.15, -0.1) is 0 Å². The number of hydrogen-bond acceptors (Lipinski definition) is 1. The van der Waals surface area contributed by atoms with Gasteiger partial charge in [-0.3, -0.25) is 0 Å². The van der Waals surface area contributed by atoms with Crippen molar-refractivity contribution in [3.8, 4) is 0 Å². The molecule has 0 saturated heterocycles. The average Bonchev–Trinajstić information content (AvgIpc) is 2.40. The normalized spacial score (nSPS) is 12.4. The minimum Gasteiger partial charge on any atom is -0.319 e. The number of benzene rings is 2. The maximum Gasteiger partial charge on any atom is 0.126 e. The lowest BCUT2D eigenvalue weighted by Gasteiger charge is -2.17. The second-order valence-corrected chi connectivity index (χ2v) is 6.12. The summed E-state index contributed by atoms with van der Waals surface area (Å²) in [5.41, 5.74) is 1.62. The first-order valence-electron chi connectivity index (χ1n) is 6.91. The van der Waals surface area contributed by atoms with Gasteiger partial charge in [0.15, 0.2) is 0 Å². The summed E-state index contributed by atoms with van der Waals surface area (Å²) in [5, 5.41) is 3.13. The van der Waals surface area contributed by atoms with E-state index >= 15 is 0 Å². The highest BCUT2D eigenvalue weighted by atomic mass is 79.9. The molecule has 4 heteroatoms. The molecule has 0 saturated carbocycles. The first kappa shape index (κ1) is 16.1. The van der Waals surface area contributed by atoms with Crippen LogP contribution >= 0.6 is 15.9 Å². The topological polar surface area (TPSA) is 12.0 Å². The summed E-state index contributed by atoms with van der Waals surface area (Å²) in [4.78, 5) is 0. The van der Waals surface area contributed by atoms with Crippen LogP contribution < -0.4 is 5.32 Å². The fourth-order valence-corrected chi connectivity index (χ4v) is 3.05. The van der Waals surface area contributed by atoms with E-state index in [1.807, 2.05) is 19.2 Å². The summed E-state index contributed by atoms with van der Waals surface area (Å²) in [6, 6.07) is 11.7. The monoisotopic (exact) mass is 353 g/mol. The molecule has 0 aliphatic heterocycles. The third-order valence-electron chi connectivity index (χ3n) is 3.41. The molecule has 0 aromatic heterocycles. The van der Waals surface area contributed by atoms with Crippen LogP contribution in [0, 0.1) is 17.6 Å². The number of halogens is 3. The first-order valence-corrected chi connectivity index (χ1v) is 7.70. The molecular formula is C17H18BrF2N. The summed E-state index contributed by atoms with van der Waals surface area (Å²) in [6.07, 6.45) is 1.33. The second kappa shape index (κ2) is 7.66. The molecular weight excluding hydrogens is 336 g/mol. The average molecular weight is 354 g/mol. The van der Waals surface area contributed by atoms with Gasteiger partial charge < -0.3 is 5.32 Å². The van der Waals surface area contributed by atoms with Gasteiger partial charge in [0.25, 0.3) is 0 Å². The zero-order valence-corrected chi connectivity index (χ0v) is 13.5. The second-order valence-electron chi connectivity index (χ2n) is 5.20. The summed E-state index contributed by atoms with van der Waals surface area (Å²) in [6.45, 7) is 0.752. The van der Waals surface area contributed by atoms with Crippen molar-refractivity contribution in [3.05, 3.63) is 69.7 Å². The molecule has 21 heavy (non-hydrogen) atoms. The number of rotatable bonds is 6. The van der Waals surface area contributed by atoms with E-state index in [1.165, 1.54) is 18.2 Å². The SMILES string of the molecule is CNCC(Cc1cc(F)cc(Br)c1)Cc1ccccc1F. The van der Waals surface area contributed by atoms with E-state index in [2.05, 4.69) is 21.2 Å². The van der Waals surface area contributed by atoms with E-state index in [4.69, 9.17) is 0 Å². The van der Waals surface area contributed by atoms with Gasteiger partial charge in [-0.05, 0) is 67.7 Å². The summed E-state index contributed by atoms with van der Waals surface area (Å²) >= 11 is 3.30. The lowest BCUT2D eigenvalue weighted by atomic mass is 9.92.